The van der Waals surface area contributed by atoms with Crippen molar-refractivity contribution in [2.24, 2.45) is 0 Å². The normalized spacial score (nSPS) is 10.4. The van der Waals surface area contributed by atoms with E-state index in [4.69, 9.17) is 4.52 Å². The second-order valence-corrected chi connectivity index (χ2v) is 4.53. The van der Waals surface area contributed by atoms with E-state index < -0.39 is 9.85 Å². The van der Waals surface area contributed by atoms with Crippen molar-refractivity contribution in [2.75, 3.05) is 0 Å². The molecule has 0 radical (unpaired) electrons. The third-order valence-electron chi connectivity index (χ3n) is 3.07. The molecule has 0 N–H and O–H groups in total. The lowest BCUT2D eigenvalue weighted by Gasteiger charge is -1.95. The molecular formula is C14H8N4O5. The molecule has 0 bridgehead atoms. The van der Waals surface area contributed by atoms with Gasteiger partial charge in [-0.15, -0.1) is 0 Å². The number of rotatable bonds is 4. The number of nitro benzene ring substituents is 2. The molecule has 0 aliphatic rings. The van der Waals surface area contributed by atoms with Gasteiger partial charge in [0.25, 0.3) is 17.3 Å². The van der Waals surface area contributed by atoms with Gasteiger partial charge in [-0.1, -0.05) is 11.2 Å². The fourth-order valence-electron chi connectivity index (χ4n) is 1.94. The van der Waals surface area contributed by atoms with Gasteiger partial charge in [0.05, 0.1) is 9.85 Å². The Bertz CT molecular complexity index is 888. The van der Waals surface area contributed by atoms with Gasteiger partial charge in [-0.05, 0) is 18.2 Å². The summed E-state index contributed by atoms with van der Waals surface area (Å²) < 4.78 is 5.10. The second-order valence-electron chi connectivity index (χ2n) is 4.53. The van der Waals surface area contributed by atoms with E-state index in [1.165, 1.54) is 42.5 Å². The summed E-state index contributed by atoms with van der Waals surface area (Å²) in [5.74, 6) is 0.364. The fraction of sp³-hybridized carbons (Fsp3) is 0. The van der Waals surface area contributed by atoms with E-state index in [2.05, 4.69) is 10.1 Å². The minimum atomic E-state index is -0.517. The third-order valence-corrected chi connectivity index (χ3v) is 3.07. The molecule has 114 valence electrons. The standard InChI is InChI=1S/C14H8N4O5/c19-17(20)11-6-4-9(5-7-11)13-15-14(23-16-13)10-2-1-3-12(8-10)18(21)22/h1-8H. The van der Waals surface area contributed by atoms with Crippen LogP contribution in [0.2, 0.25) is 0 Å². The van der Waals surface area contributed by atoms with Crippen molar-refractivity contribution in [1.82, 2.24) is 10.1 Å². The number of hydrogen-bond donors (Lipinski definition) is 0. The fourth-order valence-corrected chi connectivity index (χ4v) is 1.94. The average Bonchev–Trinajstić information content (AvgIpc) is 3.05. The number of nitro groups is 2. The largest absolute Gasteiger partial charge is 0.334 e. The van der Waals surface area contributed by atoms with Crippen LogP contribution < -0.4 is 0 Å². The molecule has 1 aromatic heterocycles. The first kappa shape index (κ1) is 14.3. The Balaban J connectivity index is 1.92. The van der Waals surface area contributed by atoms with E-state index in [9.17, 15) is 20.2 Å². The summed E-state index contributed by atoms with van der Waals surface area (Å²) in [6.45, 7) is 0. The van der Waals surface area contributed by atoms with Crippen LogP contribution in [-0.4, -0.2) is 20.0 Å². The van der Waals surface area contributed by atoms with Gasteiger partial charge < -0.3 is 4.52 Å². The van der Waals surface area contributed by atoms with Crippen molar-refractivity contribution in [3.05, 3.63) is 68.8 Å². The average molecular weight is 312 g/mol. The molecule has 3 aromatic rings. The van der Waals surface area contributed by atoms with Crippen molar-refractivity contribution in [2.45, 2.75) is 0 Å². The minimum absolute atomic E-state index is 0.0452. The monoisotopic (exact) mass is 312 g/mol. The van der Waals surface area contributed by atoms with E-state index >= 15 is 0 Å². The number of benzene rings is 2. The van der Waals surface area contributed by atoms with Crippen LogP contribution in [-0.2, 0) is 0 Å². The van der Waals surface area contributed by atoms with Crippen molar-refractivity contribution in [1.29, 1.82) is 0 Å². The van der Waals surface area contributed by atoms with Gasteiger partial charge in [-0.25, -0.2) is 0 Å². The van der Waals surface area contributed by atoms with Gasteiger partial charge in [0, 0.05) is 35.4 Å². The molecule has 0 aliphatic heterocycles. The molecule has 1 heterocycles. The molecule has 23 heavy (non-hydrogen) atoms. The summed E-state index contributed by atoms with van der Waals surface area (Å²) in [5.41, 5.74) is 0.824. The van der Waals surface area contributed by atoms with Crippen LogP contribution in [0.5, 0.6) is 0 Å². The first-order valence-corrected chi connectivity index (χ1v) is 6.38. The lowest BCUT2D eigenvalue weighted by atomic mass is 10.2. The topological polar surface area (TPSA) is 125 Å². The zero-order valence-electron chi connectivity index (χ0n) is 11.4. The molecule has 3 rings (SSSR count). The van der Waals surface area contributed by atoms with Gasteiger partial charge >= 0.3 is 0 Å². The van der Waals surface area contributed by atoms with Crippen LogP contribution in [0, 0.1) is 20.2 Å². The number of non-ortho nitro benzene ring substituents is 2. The summed E-state index contributed by atoms with van der Waals surface area (Å²) in [6.07, 6.45) is 0. The molecule has 9 heteroatoms. The molecule has 0 atom stereocenters. The Kier molecular flexibility index (Phi) is 3.51. The summed E-state index contributed by atoms with van der Waals surface area (Å²) in [6, 6.07) is 11.5. The highest BCUT2D eigenvalue weighted by atomic mass is 16.6. The van der Waals surface area contributed by atoms with Gasteiger partial charge in [0.15, 0.2) is 0 Å². The zero-order chi connectivity index (χ0) is 16.4. The first-order valence-electron chi connectivity index (χ1n) is 6.38. The second kappa shape index (κ2) is 5.64. The third kappa shape index (κ3) is 2.88. The first-order chi connectivity index (χ1) is 11.0. The predicted molar refractivity (Wildman–Crippen MR) is 78.5 cm³/mol. The van der Waals surface area contributed by atoms with E-state index in [0.29, 0.717) is 11.1 Å². The Labute approximate surface area is 128 Å². The molecule has 0 fully saturated rings. The quantitative estimate of drug-likeness (QED) is 0.534. The molecule has 0 aliphatic carbocycles. The number of hydrogen-bond acceptors (Lipinski definition) is 7. The molecule has 0 amide bonds. The molecular weight excluding hydrogens is 304 g/mol. The number of aromatic nitrogens is 2. The SMILES string of the molecule is O=[N+]([O-])c1ccc(-c2noc(-c3cccc([N+](=O)[O-])c3)n2)cc1. The molecule has 2 aromatic carbocycles. The van der Waals surface area contributed by atoms with Crippen LogP contribution in [0.15, 0.2) is 53.1 Å². The van der Waals surface area contributed by atoms with Gasteiger partial charge in [0.1, 0.15) is 0 Å². The zero-order valence-corrected chi connectivity index (χ0v) is 11.4. The maximum atomic E-state index is 10.8. The molecule has 9 nitrogen and oxygen atoms in total. The van der Waals surface area contributed by atoms with Crippen LogP contribution in [0.4, 0.5) is 11.4 Å². The minimum Gasteiger partial charge on any atom is -0.334 e. The van der Waals surface area contributed by atoms with Crippen molar-refractivity contribution >= 4 is 11.4 Å². The van der Waals surface area contributed by atoms with Crippen molar-refractivity contribution < 1.29 is 14.4 Å². The highest BCUT2D eigenvalue weighted by molar-refractivity contribution is 5.62. The summed E-state index contributed by atoms with van der Waals surface area (Å²) >= 11 is 0. The van der Waals surface area contributed by atoms with Gasteiger partial charge in [-0.2, -0.15) is 4.98 Å². The predicted octanol–water partition coefficient (Wildman–Crippen LogP) is 3.22. The molecule has 0 spiro atoms. The Hall–Kier alpha value is -3.62. The van der Waals surface area contributed by atoms with Crippen LogP contribution >= 0.6 is 0 Å². The summed E-state index contributed by atoms with van der Waals surface area (Å²) in [5, 5.41) is 25.2. The summed E-state index contributed by atoms with van der Waals surface area (Å²) in [7, 11) is 0. The highest BCUT2D eigenvalue weighted by Crippen LogP contribution is 2.26. The van der Waals surface area contributed by atoms with Gasteiger partial charge in [-0.3, -0.25) is 20.2 Å². The molecule has 0 unspecified atom stereocenters. The van der Waals surface area contributed by atoms with Crippen LogP contribution in [0.1, 0.15) is 0 Å². The Morgan fingerprint density at radius 1 is 0.870 bits per heavy atom. The molecule has 0 saturated carbocycles. The summed E-state index contributed by atoms with van der Waals surface area (Å²) in [4.78, 5) is 24.5. The number of nitrogens with zero attached hydrogens (tertiary/aromatic N) is 4. The lowest BCUT2D eigenvalue weighted by Crippen LogP contribution is -1.88. The Morgan fingerprint density at radius 3 is 2.22 bits per heavy atom. The maximum Gasteiger partial charge on any atom is 0.270 e. The highest BCUT2D eigenvalue weighted by Gasteiger charge is 2.14. The Morgan fingerprint density at radius 2 is 1.57 bits per heavy atom. The van der Waals surface area contributed by atoms with Crippen molar-refractivity contribution in [3.8, 4) is 22.8 Å². The smallest absolute Gasteiger partial charge is 0.270 e. The van der Waals surface area contributed by atoms with E-state index in [1.54, 1.807) is 6.07 Å². The van der Waals surface area contributed by atoms with E-state index in [0.717, 1.165) is 0 Å². The van der Waals surface area contributed by atoms with Crippen molar-refractivity contribution in [3.63, 3.8) is 0 Å². The van der Waals surface area contributed by atoms with Crippen LogP contribution in [0.25, 0.3) is 22.8 Å². The lowest BCUT2D eigenvalue weighted by molar-refractivity contribution is -0.385. The van der Waals surface area contributed by atoms with E-state index in [-0.39, 0.29) is 23.1 Å². The van der Waals surface area contributed by atoms with E-state index in [1.807, 2.05) is 0 Å². The van der Waals surface area contributed by atoms with Gasteiger partial charge in [0.2, 0.25) is 5.82 Å². The van der Waals surface area contributed by atoms with Crippen LogP contribution in [0.3, 0.4) is 0 Å². The maximum absolute atomic E-state index is 10.8. The molecule has 0 saturated heterocycles.